The van der Waals surface area contributed by atoms with E-state index < -0.39 is 0 Å². The molecule has 0 saturated carbocycles. The van der Waals surface area contributed by atoms with Crippen molar-refractivity contribution in [1.82, 2.24) is 14.5 Å². The predicted molar refractivity (Wildman–Crippen MR) is 127 cm³/mol. The van der Waals surface area contributed by atoms with Crippen molar-refractivity contribution in [2.24, 2.45) is 0 Å². The smallest absolute Gasteiger partial charge is 0.266 e. The Balaban J connectivity index is 1.62. The van der Waals surface area contributed by atoms with E-state index in [9.17, 15) is 4.79 Å². The molecule has 0 spiro atoms. The Morgan fingerprint density at radius 3 is 2.47 bits per heavy atom. The molecule has 0 aliphatic heterocycles. The first-order valence-corrected chi connectivity index (χ1v) is 11.6. The van der Waals surface area contributed by atoms with Gasteiger partial charge in [-0.2, -0.15) is 0 Å². The monoisotopic (exact) mass is 469 g/mol. The van der Waals surface area contributed by atoms with Crippen LogP contribution in [0.5, 0.6) is 0 Å². The van der Waals surface area contributed by atoms with Gasteiger partial charge >= 0.3 is 0 Å². The summed E-state index contributed by atoms with van der Waals surface area (Å²) in [5.41, 5.74) is 2.11. The van der Waals surface area contributed by atoms with Crippen LogP contribution >= 0.6 is 46.3 Å². The summed E-state index contributed by atoms with van der Waals surface area (Å²) in [5, 5.41) is 2.93. The SMILES string of the molecule is O=c1c2ccccc2nc(SCc2nc3ccccc3s2)n1-c1ccc(Cl)c(Cl)c1. The molecule has 0 N–H and O–H groups in total. The van der Waals surface area contributed by atoms with Gasteiger partial charge in [0, 0.05) is 0 Å². The van der Waals surface area contributed by atoms with Crippen LogP contribution in [0.2, 0.25) is 10.0 Å². The number of halogens is 2. The highest BCUT2D eigenvalue weighted by Crippen LogP contribution is 2.30. The van der Waals surface area contributed by atoms with Gasteiger partial charge in [-0.3, -0.25) is 9.36 Å². The summed E-state index contributed by atoms with van der Waals surface area (Å²) in [5.74, 6) is 0.603. The number of hydrogen-bond donors (Lipinski definition) is 0. The summed E-state index contributed by atoms with van der Waals surface area (Å²) in [6, 6.07) is 20.5. The Morgan fingerprint density at radius 1 is 0.900 bits per heavy atom. The quantitative estimate of drug-likeness (QED) is 0.220. The van der Waals surface area contributed by atoms with Gasteiger partial charge < -0.3 is 0 Å². The van der Waals surface area contributed by atoms with Crippen molar-refractivity contribution >= 4 is 67.4 Å². The largest absolute Gasteiger partial charge is 0.268 e. The van der Waals surface area contributed by atoms with Gasteiger partial charge in [-0.25, -0.2) is 9.97 Å². The van der Waals surface area contributed by atoms with Crippen LogP contribution in [0.3, 0.4) is 0 Å². The molecule has 8 heteroatoms. The number of rotatable bonds is 4. The minimum atomic E-state index is -0.147. The fraction of sp³-hybridized carbons (Fsp3) is 0.0455. The second kappa shape index (κ2) is 8.04. The van der Waals surface area contributed by atoms with Gasteiger partial charge in [0.2, 0.25) is 0 Å². The Morgan fingerprint density at radius 2 is 1.67 bits per heavy atom. The lowest BCUT2D eigenvalue weighted by molar-refractivity contribution is 0.819. The van der Waals surface area contributed by atoms with E-state index in [1.165, 1.54) is 11.8 Å². The summed E-state index contributed by atoms with van der Waals surface area (Å²) in [7, 11) is 0. The molecule has 2 heterocycles. The molecule has 4 nitrogen and oxygen atoms in total. The lowest BCUT2D eigenvalue weighted by Crippen LogP contribution is -2.21. The summed E-state index contributed by atoms with van der Waals surface area (Å²) in [4.78, 5) is 22.8. The fourth-order valence-electron chi connectivity index (χ4n) is 3.17. The molecule has 0 unspecified atom stereocenters. The van der Waals surface area contributed by atoms with Crippen molar-refractivity contribution in [3.63, 3.8) is 0 Å². The lowest BCUT2D eigenvalue weighted by atomic mass is 10.2. The first kappa shape index (κ1) is 19.6. The first-order chi connectivity index (χ1) is 14.6. The van der Waals surface area contributed by atoms with Crippen molar-refractivity contribution in [2.75, 3.05) is 0 Å². The second-order valence-electron chi connectivity index (χ2n) is 6.51. The number of para-hydroxylation sites is 2. The molecular formula is C22H13Cl2N3OS2. The third kappa shape index (κ3) is 3.61. The van der Waals surface area contributed by atoms with Crippen LogP contribution in [0.25, 0.3) is 26.8 Å². The molecule has 3 aromatic carbocycles. The molecule has 5 rings (SSSR count). The van der Waals surface area contributed by atoms with Gasteiger partial charge in [0.05, 0.1) is 42.6 Å². The maximum Gasteiger partial charge on any atom is 0.266 e. The maximum absolute atomic E-state index is 13.3. The van der Waals surface area contributed by atoms with Gasteiger partial charge in [0.1, 0.15) is 5.01 Å². The zero-order chi connectivity index (χ0) is 20.7. The van der Waals surface area contributed by atoms with Crippen LogP contribution in [-0.4, -0.2) is 14.5 Å². The fourth-order valence-corrected chi connectivity index (χ4v) is 5.43. The van der Waals surface area contributed by atoms with E-state index in [0.29, 0.717) is 37.5 Å². The van der Waals surface area contributed by atoms with Gasteiger partial charge in [-0.05, 0) is 42.5 Å². The topological polar surface area (TPSA) is 47.8 Å². The molecule has 0 bridgehead atoms. The van der Waals surface area contributed by atoms with Crippen molar-refractivity contribution in [3.05, 3.63) is 92.1 Å². The zero-order valence-electron chi connectivity index (χ0n) is 15.4. The molecule has 2 aromatic heterocycles. The molecule has 148 valence electrons. The third-order valence-corrected chi connectivity index (χ3v) is 7.48. The third-order valence-electron chi connectivity index (χ3n) is 4.57. The molecule has 0 aliphatic rings. The standard InChI is InChI=1S/C22H13Cl2N3OS2/c23-15-10-9-13(11-16(15)24)27-21(28)14-5-1-2-6-17(14)26-22(27)29-12-20-25-18-7-3-4-8-19(18)30-20/h1-11H,12H2. The Kier molecular flexibility index (Phi) is 5.25. The summed E-state index contributed by atoms with van der Waals surface area (Å²) in [6.45, 7) is 0. The van der Waals surface area contributed by atoms with Gasteiger partial charge in [0.25, 0.3) is 5.56 Å². The van der Waals surface area contributed by atoms with E-state index in [0.717, 1.165) is 15.2 Å². The number of nitrogens with zero attached hydrogens (tertiary/aromatic N) is 3. The summed E-state index contributed by atoms with van der Waals surface area (Å²) < 4.78 is 2.73. The van der Waals surface area contributed by atoms with E-state index in [1.807, 2.05) is 36.4 Å². The molecular weight excluding hydrogens is 457 g/mol. The number of hydrogen-bond acceptors (Lipinski definition) is 5. The van der Waals surface area contributed by atoms with E-state index in [4.69, 9.17) is 28.2 Å². The number of thioether (sulfide) groups is 1. The minimum Gasteiger partial charge on any atom is -0.268 e. The second-order valence-corrected chi connectivity index (χ2v) is 9.39. The summed E-state index contributed by atoms with van der Waals surface area (Å²) >= 11 is 15.4. The summed E-state index contributed by atoms with van der Waals surface area (Å²) in [6.07, 6.45) is 0. The molecule has 0 radical (unpaired) electrons. The highest BCUT2D eigenvalue weighted by atomic mass is 35.5. The van der Waals surface area contributed by atoms with Crippen molar-refractivity contribution < 1.29 is 0 Å². The first-order valence-electron chi connectivity index (χ1n) is 9.04. The van der Waals surface area contributed by atoms with Gasteiger partial charge in [0.15, 0.2) is 5.16 Å². The normalized spacial score (nSPS) is 11.4. The van der Waals surface area contributed by atoms with Crippen molar-refractivity contribution in [2.45, 2.75) is 10.9 Å². The Labute approximate surface area is 190 Å². The van der Waals surface area contributed by atoms with Crippen LogP contribution in [0, 0.1) is 0 Å². The molecule has 0 amide bonds. The number of thiazole rings is 1. The van der Waals surface area contributed by atoms with Crippen LogP contribution in [0.15, 0.2) is 76.7 Å². The molecule has 0 saturated heterocycles. The van der Waals surface area contributed by atoms with Crippen LogP contribution in [0.4, 0.5) is 0 Å². The molecule has 0 fully saturated rings. The lowest BCUT2D eigenvalue weighted by Gasteiger charge is -2.13. The van der Waals surface area contributed by atoms with E-state index in [-0.39, 0.29) is 5.56 Å². The molecule has 0 atom stereocenters. The van der Waals surface area contributed by atoms with Crippen LogP contribution in [0.1, 0.15) is 5.01 Å². The van der Waals surface area contributed by atoms with Crippen molar-refractivity contribution in [3.8, 4) is 5.69 Å². The predicted octanol–water partition coefficient (Wildman–Crippen LogP) is 6.59. The molecule has 5 aromatic rings. The number of aromatic nitrogens is 3. The molecule has 30 heavy (non-hydrogen) atoms. The molecule has 0 aliphatic carbocycles. The van der Waals surface area contributed by atoms with E-state index in [1.54, 1.807) is 40.2 Å². The number of benzene rings is 3. The van der Waals surface area contributed by atoms with E-state index >= 15 is 0 Å². The Hall–Kier alpha value is -2.38. The van der Waals surface area contributed by atoms with Gasteiger partial charge in [-0.15, -0.1) is 11.3 Å². The van der Waals surface area contributed by atoms with Crippen molar-refractivity contribution in [1.29, 1.82) is 0 Å². The highest BCUT2D eigenvalue weighted by molar-refractivity contribution is 7.98. The highest BCUT2D eigenvalue weighted by Gasteiger charge is 2.15. The maximum atomic E-state index is 13.3. The number of fused-ring (bicyclic) bond motifs is 2. The average Bonchev–Trinajstić information content (AvgIpc) is 3.18. The zero-order valence-corrected chi connectivity index (χ0v) is 18.5. The van der Waals surface area contributed by atoms with Crippen LogP contribution in [-0.2, 0) is 5.75 Å². The van der Waals surface area contributed by atoms with Crippen LogP contribution < -0.4 is 5.56 Å². The van der Waals surface area contributed by atoms with Gasteiger partial charge in [-0.1, -0.05) is 59.2 Å². The average molecular weight is 470 g/mol. The Bertz CT molecular complexity index is 1430. The van der Waals surface area contributed by atoms with E-state index in [2.05, 4.69) is 11.1 Å². The minimum absolute atomic E-state index is 0.147.